The van der Waals surface area contributed by atoms with Crippen molar-refractivity contribution in [1.29, 1.82) is 0 Å². The van der Waals surface area contributed by atoms with Crippen molar-refractivity contribution in [2.45, 2.75) is 13.3 Å². The number of rotatable bonds is 1. The van der Waals surface area contributed by atoms with Crippen molar-refractivity contribution >= 4 is 45.6 Å². The van der Waals surface area contributed by atoms with Gasteiger partial charge in [0.1, 0.15) is 10.1 Å². The lowest BCUT2D eigenvalue weighted by atomic mass is 10.1. The molecule has 20 heavy (non-hydrogen) atoms. The van der Waals surface area contributed by atoms with Gasteiger partial charge in [0, 0.05) is 18.5 Å². The molecule has 1 aromatic rings. The third-order valence-corrected chi connectivity index (χ3v) is 4.81. The fourth-order valence-corrected chi connectivity index (χ4v) is 3.90. The van der Waals surface area contributed by atoms with E-state index in [4.69, 9.17) is 12.2 Å². The van der Waals surface area contributed by atoms with Gasteiger partial charge in [-0.1, -0.05) is 30.0 Å². The number of benzene rings is 1. The molecule has 0 N–H and O–H groups in total. The predicted molar refractivity (Wildman–Crippen MR) is 79.6 cm³/mol. The average molecular weight is 307 g/mol. The van der Waals surface area contributed by atoms with E-state index in [9.17, 15) is 14.0 Å². The maximum absolute atomic E-state index is 13.4. The Hall–Kier alpha value is -1.53. The second-order valence-electron chi connectivity index (χ2n) is 4.52. The van der Waals surface area contributed by atoms with Crippen molar-refractivity contribution in [2.75, 3.05) is 6.54 Å². The van der Waals surface area contributed by atoms with Crippen LogP contribution in [0.2, 0.25) is 0 Å². The molecule has 1 aromatic carbocycles. The minimum Gasteiger partial charge on any atom is -0.294 e. The number of Topliss-reactive ketones (excluding diaryl/α,β-unsaturated/α-hetero) is 1. The number of thioether (sulfide) groups is 1. The number of ketones is 1. The van der Waals surface area contributed by atoms with Gasteiger partial charge >= 0.3 is 0 Å². The Kier molecular flexibility index (Phi) is 3.22. The van der Waals surface area contributed by atoms with Gasteiger partial charge in [0.2, 0.25) is 0 Å². The number of carbonyl (C=O) groups excluding carboxylic acids is 2. The number of thiocarbonyl (C=S) groups is 1. The average Bonchev–Trinajstić information content (AvgIpc) is 2.85. The van der Waals surface area contributed by atoms with Crippen molar-refractivity contribution < 1.29 is 14.0 Å². The number of fused-ring (bicyclic) bond motifs is 1. The van der Waals surface area contributed by atoms with Gasteiger partial charge in [0.15, 0.2) is 5.78 Å². The molecule has 1 saturated heterocycles. The summed E-state index contributed by atoms with van der Waals surface area (Å²) >= 11 is 6.26. The summed E-state index contributed by atoms with van der Waals surface area (Å²) in [5.41, 5.74) is 1.59. The molecule has 0 bridgehead atoms. The van der Waals surface area contributed by atoms with Crippen LogP contribution in [0.1, 0.15) is 18.1 Å². The maximum atomic E-state index is 13.4. The number of hydrogen-bond acceptors (Lipinski definition) is 4. The van der Waals surface area contributed by atoms with E-state index in [1.807, 2.05) is 6.92 Å². The van der Waals surface area contributed by atoms with Crippen LogP contribution in [0.4, 0.5) is 4.39 Å². The second-order valence-corrected chi connectivity index (χ2v) is 6.17. The SMILES string of the molecule is CCN1C(=O)/C(=C2/C(=O)Cc3ccc(F)cc32)SC1=S. The highest BCUT2D eigenvalue weighted by Crippen LogP contribution is 2.41. The van der Waals surface area contributed by atoms with Crippen molar-refractivity contribution in [2.24, 2.45) is 0 Å². The Morgan fingerprint density at radius 3 is 2.80 bits per heavy atom. The number of amides is 1. The zero-order valence-corrected chi connectivity index (χ0v) is 12.2. The van der Waals surface area contributed by atoms with E-state index in [2.05, 4.69) is 0 Å². The van der Waals surface area contributed by atoms with Crippen molar-refractivity contribution in [3.63, 3.8) is 0 Å². The van der Waals surface area contributed by atoms with Crippen molar-refractivity contribution in [3.8, 4) is 0 Å². The highest BCUT2D eigenvalue weighted by Gasteiger charge is 2.38. The van der Waals surface area contributed by atoms with E-state index in [0.29, 0.717) is 26.9 Å². The van der Waals surface area contributed by atoms with E-state index in [1.54, 1.807) is 6.07 Å². The zero-order chi connectivity index (χ0) is 14.4. The van der Waals surface area contributed by atoms with E-state index in [1.165, 1.54) is 17.0 Å². The maximum Gasteiger partial charge on any atom is 0.266 e. The first-order chi connectivity index (χ1) is 9.52. The fourth-order valence-electron chi connectivity index (χ4n) is 2.42. The van der Waals surface area contributed by atoms with Crippen molar-refractivity contribution in [3.05, 3.63) is 40.0 Å². The standard InChI is InChI=1S/C14H10FNO2S2/c1-2-16-13(18)12(20-14(16)19)11-9-6-8(15)4-3-7(9)5-10(11)17/h3-4,6H,2,5H2,1H3/b12-11-. The molecular formula is C14H10FNO2S2. The van der Waals surface area contributed by atoms with E-state index in [0.717, 1.165) is 17.3 Å². The van der Waals surface area contributed by atoms with Crippen LogP contribution in [0.3, 0.4) is 0 Å². The normalized spacial score (nSPS) is 21.9. The summed E-state index contributed by atoms with van der Waals surface area (Å²) in [6, 6.07) is 4.23. The smallest absolute Gasteiger partial charge is 0.266 e. The molecule has 102 valence electrons. The van der Waals surface area contributed by atoms with Gasteiger partial charge in [0.05, 0.1) is 4.91 Å². The second kappa shape index (κ2) is 4.79. The van der Waals surface area contributed by atoms with Crippen LogP contribution in [0.5, 0.6) is 0 Å². The lowest BCUT2D eigenvalue weighted by Crippen LogP contribution is -2.27. The molecule has 0 spiro atoms. The van der Waals surface area contributed by atoms with Gasteiger partial charge in [-0.25, -0.2) is 4.39 Å². The van der Waals surface area contributed by atoms with E-state index >= 15 is 0 Å². The van der Waals surface area contributed by atoms with Crippen LogP contribution >= 0.6 is 24.0 Å². The molecule has 0 unspecified atom stereocenters. The molecule has 1 aliphatic heterocycles. The van der Waals surface area contributed by atoms with Crippen LogP contribution in [0, 0.1) is 5.82 Å². The molecule has 0 atom stereocenters. The lowest BCUT2D eigenvalue weighted by molar-refractivity contribution is -0.122. The first-order valence-electron chi connectivity index (χ1n) is 6.13. The topological polar surface area (TPSA) is 37.4 Å². The van der Waals surface area contributed by atoms with E-state index in [-0.39, 0.29) is 18.1 Å². The first kappa shape index (κ1) is 13.5. The minimum atomic E-state index is -0.415. The van der Waals surface area contributed by atoms with Gasteiger partial charge in [0.25, 0.3) is 5.91 Å². The number of allylic oxidation sites excluding steroid dienone is 1. The highest BCUT2D eigenvalue weighted by molar-refractivity contribution is 8.26. The quantitative estimate of drug-likeness (QED) is 0.590. The molecule has 2 aliphatic rings. The molecule has 0 saturated carbocycles. The molecule has 1 fully saturated rings. The summed E-state index contributed by atoms with van der Waals surface area (Å²) in [5, 5.41) is 0. The molecule has 0 radical (unpaired) electrons. The third kappa shape index (κ3) is 1.91. The van der Waals surface area contributed by atoms with Crippen LogP contribution in [0.15, 0.2) is 23.1 Å². The van der Waals surface area contributed by atoms with Crippen molar-refractivity contribution in [1.82, 2.24) is 4.90 Å². The van der Waals surface area contributed by atoms with Crippen LogP contribution in [-0.4, -0.2) is 27.5 Å². The number of halogens is 1. The van der Waals surface area contributed by atoms with Crippen LogP contribution in [0.25, 0.3) is 5.57 Å². The van der Waals surface area contributed by atoms with Crippen LogP contribution < -0.4 is 0 Å². The minimum absolute atomic E-state index is 0.151. The summed E-state index contributed by atoms with van der Waals surface area (Å²) in [6.07, 6.45) is 0.209. The van der Waals surface area contributed by atoms with Gasteiger partial charge in [-0.2, -0.15) is 0 Å². The predicted octanol–water partition coefficient (Wildman–Crippen LogP) is 2.54. The molecule has 1 aliphatic carbocycles. The summed E-state index contributed by atoms with van der Waals surface area (Å²) < 4.78 is 13.8. The Morgan fingerprint density at radius 1 is 1.40 bits per heavy atom. The summed E-state index contributed by atoms with van der Waals surface area (Å²) in [4.78, 5) is 26.2. The highest BCUT2D eigenvalue weighted by atomic mass is 32.2. The summed E-state index contributed by atoms with van der Waals surface area (Å²) in [6.45, 7) is 2.29. The Bertz CT molecular complexity index is 696. The lowest BCUT2D eigenvalue weighted by Gasteiger charge is -2.10. The Balaban J connectivity index is 2.18. The Morgan fingerprint density at radius 2 is 2.15 bits per heavy atom. The summed E-state index contributed by atoms with van der Waals surface area (Å²) in [5.74, 6) is -0.827. The third-order valence-electron chi connectivity index (χ3n) is 3.36. The Labute approximate surface area is 124 Å². The van der Waals surface area contributed by atoms with Crippen LogP contribution in [-0.2, 0) is 16.0 Å². The largest absolute Gasteiger partial charge is 0.294 e. The molecule has 3 nitrogen and oxygen atoms in total. The molecule has 1 amide bonds. The van der Waals surface area contributed by atoms with Gasteiger partial charge in [-0.15, -0.1) is 0 Å². The van der Waals surface area contributed by atoms with Gasteiger partial charge in [-0.3, -0.25) is 14.5 Å². The number of hydrogen-bond donors (Lipinski definition) is 0. The van der Waals surface area contributed by atoms with E-state index < -0.39 is 5.82 Å². The zero-order valence-electron chi connectivity index (χ0n) is 10.6. The molecule has 1 heterocycles. The molecule has 6 heteroatoms. The molecule has 0 aromatic heterocycles. The van der Waals surface area contributed by atoms with Gasteiger partial charge in [-0.05, 0) is 30.2 Å². The number of nitrogens with zero attached hydrogens (tertiary/aromatic N) is 1. The number of carbonyl (C=O) groups is 2. The fraction of sp³-hybridized carbons (Fsp3) is 0.214. The van der Waals surface area contributed by atoms with Gasteiger partial charge < -0.3 is 0 Å². The first-order valence-corrected chi connectivity index (χ1v) is 7.35. The molecular weight excluding hydrogens is 297 g/mol. The molecule has 3 rings (SSSR count). The summed E-state index contributed by atoms with van der Waals surface area (Å²) in [7, 11) is 0. The monoisotopic (exact) mass is 307 g/mol. The number of likely N-dealkylation sites (N-methyl/N-ethyl adjacent to an activating group) is 1.